The van der Waals surface area contributed by atoms with Gasteiger partial charge in [-0.15, -0.1) is 0 Å². The van der Waals surface area contributed by atoms with E-state index in [1.165, 1.54) is 35.3 Å². The molecule has 23 heavy (non-hydrogen) atoms. The predicted octanol–water partition coefficient (Wildman–Crippen LogP) is 4.88. The van der Waals surface area contributed by atoms with Crippen LogP contribution in [0, 0.1) is 5.92 Å². The van der Waals surface area contributed by atoms with Gasteiger partial charge >= 0.3 is 0 Å². The van der Waals surface area contributed by atoms with Crippen molar-refractivity contribution >= 4 is 18.5 Å². The molecule has 1 aliphatic heterocycles. The maximum Gasteiger partial charge on any atom is 0.0440 e. The first-order chi connectivity index (χ1) is 11.4. The van der Waals surface area contributed by atoms with Crippen LogP contribution in [0.25, 0.3) is 0 Å². The zero-order chi connectivity index (χ0) is 15.9. The molecule has 3 rings (SSSR count). The number of rotatable bonds is 6. The molecule has 0 aromatic heterocycles. The van der Waals surface area contributed by atoms with Crippen LogP contribution in [-0.4, -0.2) is 0 Å². The lowest BCUT2D eigenvalue weighted by Crippen LogP contribution is -2.21. The Kier molecular flexibility index (Phi) is 5.66. The van der Waals surface area contributed by atoms with Crippen molar-refractivity contribution in [2.75, 3.05) is 0 Å². The third-order valence-corrected chi connectivity index (χ3v) is 6.50. The van der Waals surface area contributed by atoms with Gasteiger partial charge in [-0.05, 0) is 29.1 Å². The first kappa shape index (κ1) is 16.0. The molecule has 1 nitrogen and oxygen atoms in total. The zero-order valence-electron chi connectivity index (χ0n) is 13.7. The van der Waals surface area contributed by atoms with Crippen LogP contribution >= 0.6 is 7.92 Å². The maximum absolute atomic E-state index is 3.53. The van der Waals surface area contributed by atoms with Crippen LogP contribution in [0.4, 0.5) is 0 Å². The molecule has 1 heterocycles. The molecule has 0 spiro atoms. The Balaban J connectivity index is 1.94. The lowest BCUT2D eigenvalue weighted by Gasteiger charge is -2.26. The summed E-state index contributed by atoms with van der Waals surface area (Å²) in [5, 5.41) is 6.33. The Morgan fingerprint density at radius 1 is 0.913 bits per heavy atom. The summed E-state index contributed by atoms with van der Waals surface area (Å²) in [6, 6.07) is 21.7. The number of hydrogen-bond donors (Lipinski definition) is 1. The fourth-order valence-electron chi connectivity index (χ4n) is 2.90. The number of dihydropyridines is 1. The number of unbranched alkanes of at least 4 members (excludes halogenated alkanes) is 1. The van der Waals surface area contributed by atoms with Gasteiger partial charge in [-0.25, -0.2) is 0 Å². The second-order valence-electron chi connectivity index (χ2n) is 5.87. The van der Waals surface area contributed by atoms with Gasteiger partial charge in [0.15, 0.2) is 0 Å². The highest BCUT2D eigenvalue weighted by Gasteiger charge is 2.20. The summed E-state index contributed by atoms with van der Waals surface area (Å²) in [5.74, 6) is 0.559. The van der Waals surface area contributed by atoms with Gasteiger partial charge in [0, 0.05) is 13.4 Å². The van der Waals surface area contributed by atoms with Crippen molar-refractivity contribution in [3.63, 3.8) is 0 Å². The Morgan fingerprint density at radius 2 is 1.52 bits per heavy atom. The van der Waals surface area contributed by atoms with Crippen LogP contribution in [-0.2, 0) is 0 Å². The minimum absolute atomic E-state index is 0.512. The first-order valence-corrected chi connectivity index (χ1v) is 9.78. The highest BCUT2D eigenvalue weighted by Crippen LogP contribution is 2.43. The first-order valence-electron chi connectivity index (χ1n) is 8.43. The van der Waals surface area contributed by atoms with Crippen LogP contribution in [0.15, 0.2) is 84.5 Å². The smallest absolute Gasteiger partial charge is 0.0440 e. The van der Waals surface area contributed by atoms with Gasteiger partial charge in [-0.2, -0.15) is 0 Å². The fraction of sp³-hybridized carbons (Fsp3) is 0.238. The number of allylic oxidation sites excluding steroid dienone is 2. The highest BCUT2D eigenvalue weighted by molar-refractivity contribution is 7.76. The molecular formula is C21H24NP. The summed E-state index contributed by atoms with van der Waals surface area (Å²) >= 11 is 0. The van der Waals surface area contributed by atoms with E-state index in [2.05, 4.69) is 91.3 Å². The van der Waals surface area contributed by atoms with E-state index in [1.54, 1.807) is 0 Å². The topological polar surface area (TPSA) is 12.0 Å². The summed E-state index contributed by atoms with van der Waals surface area (Å²) in [4.78, 5) is 0. The summed E-state index contributed by atoms with van der Waals surface area (Å²) in [5.41, 5.74) is 1.36. The second-order valence-corrected chi connectivity index (χ2v) is 8.05. The molecule has 0 saturated heterocycles. The van der Waals surface area contributed by atoms with Crippen molar-refractivity contribution in [2.45, 2.75) is 26.2 Å². The molecule has 0 fully saturated rings. The molecule has 118 valence electrons. The molecule has 0 radical (unpaired) electrons. The molecule has 0 amide bonds. The largest absolute Gasteiger partial charge is 0.361 e. The lowest BCUT2D eigenvalue weighted by molar-refractivity contribution is 0.632. The predicted molar refractivity (Wildman–Crippen MR) is 102 cm³/mol. The summed E-state index contributed by atoms with van der Waals surface area (Å²) < 4.78 is 0. The van der Waals surface area contributed by atoms with Crippen LogP contribution in [0.3, 0.4) is 0 Å². The van der Waals surface area contributed by atoms with Crippen LogP contribution < -0.4 is 15.9 Å². The number of benzene rings is 2. The van der Waals surface area contributed by atoms with Crippen LogP contribution in [0.5, 0.6) is 0 Å². The van der Waals surface area contributed by atoms with Crippen molar-refractivity contribution in [3.8, 4) is 0 Å². The molecule has 1 atom stereocenters. The van der Waals surface area contributed by atoms with Gasteiger partial charge in [-0.1, -0.05) is 92.6 Å². The molecular weight excluding hydrogens is 297 g/mol. The zero-order valence-corrected chi connectivity index (χ0v) is 14.5. The Morgan fingerprint density at radius 3 is 2.09 bits per heavy atom. The number of nitrogens with one attached hydrogen (secondary N) is 1. The maximum atomic E-state index is 3.53. The fourth-order valence-corrected chi connectivity index (χ4v) is 5.24. The van der Waals surface area contributed by atoms with Crippen molar-refractivity contribution in [1.82, 2.24) is 5.32 Å². The van der Waals surface area contributed by atoms with E-state index in [4.69, 9.17) is 0 Å². The molecule has 0 saturated carbocycles. The van der Waals surface area contributed by atoms with Crippen molar-refractivity contribution < 1.29 is 0 Å². The average molecular weight is 321 g/mol. The van der Waals surface area contributed by atoms with Crippen molar-refractivity contribution in [3.05, 3.63) is 84.5 Å². The van der Waals surface area contributed by atoms with Crippen molar-refractivity contribution in [2.24, 2.45) is 5.92 Å². The van der Waals surface area contributed by atoms with Gasteiger partial charge in [0.2, 0.25) is 0 Å². The molecule has 1 N–H and O–H groups in total. The summed E-state index contributed by atoms with van der Waals surface area (Å²) in [6.07, 6.45) is 10.7. The van der Waals surface area contributed by atoms with Crippen LogP contribution in [0.2, 0.25) is 0 Å². The second kappa shape index (κ2) is 8.13. The van der Waals surface area contributed by atoms with Crippen LogP contribution in [0.1, 0.15) is 26.2 Å². The van der Waals surface area contributed by atoms with E-state index < -0.39 is 7.92 Å². The third-order valence-electron chi connectivity index (χ3n) is 4.11. The minimum atomic E-state index is -0.512. The Labute approximate surface area is 140 Å². The molecule has 1 aliphatic rings. The SMILES string of the molecule is CCCCC1C=CNC(P(c2ccccc2)c2ccccc2)=C1. The monoisotopic (exact) mass is 321 g/mol. The average Bonchev–Trinajstić information content (AvgIpc) is 2.62. The third kappa shape index (κ3) is 4.12. The van der Waals surface area contributed by atoms with E-state index in [0.717, 1.165) is 0 Å². The van der Waals surface area contributed by atoms with Gasteiger partial charge < -0.3 is 5.32 Å². The minimum Gasteiger partial charge on any atom is -0.361 e. The standard InChI is InChI=1S/C21H24NP/c1-2-3-10-18-15-16-22-21(17-18)23(19-11-6-4-7-12-19)20-13-8-5-9-14-20/h4-9,11-18,22H,2-3,10H2,1H3. The van der Waals surface area contributed by atoms with E-state index in [-0.39, 0.29) is 0 Å². The molecule has 0 aliphatic carbocycles. The van der Waals surface area contributed by atoms with Gasteiger partial charge in [0.25, 0.3) is 0 Å². The Bertz CT molecular complexity index is 621. The molecule has 2 heteroatoms. The lowest BCUT2D eigenvalue weighted by atomic mass is 10.0. The van der Waals surface area contributed by atoms with Gasteiger partial charge in [0.1, 0.15) is 0 Å². The Hall–Kier alpha value is -1.85. The van der Waals surface area contributed by atoms with E-state index in [0.29, 0.717) is 5.92 Å². The number of hydrogen-bond acceptors (Lipinski definition) is 1. The molecule has 2 aromatic carbocycles. The molecule has 1 unspecified atom stereocenters. The normalized spacial score (nSPS) is 17.0. The van der Waals surface area contributed by atoms with Crippen molar-refractivity contribution in [1.29, 1.82) is 0 Å². The van der Waals surface area contributed by atoms with E-state index in [1.807, 2.05) is 0 Å². The molecule has 0 bridgehead atoms. The highest BCUT2D eigenvalue weighted by atomic mass is 31.1. The van der Waals surface area contributed by atoms with E-state index in [9.17, 15) is 0 Å². The van der Waals surface area contributed by atoms with E-state index >= 15 is 0 Å². The summed E-state index contributed by atoms with van der Waals surface area (Å²) in [6.45, 7) is 2.26. The quantitative estimate of drug-likeness (QED) is 0.747. The van der Waals surface area contributed by atoms with Gasteiger partial charge in [-0.3, -0.25) is 0 Å². The summed E-state index contributed by atoms with van der Waals surface area (Å²) in [7, 11) is -0.512. The van der Waals surface area contributed by atoms with Gasteiger partial charge in [0.05, 0.1) is 0 Å². The molecule has 2 aromatic rings.